The number of rotatable bonds is 5. The van der Waals surface area contributed by atoms with Crippen molar-refractivity contribution in [2.75, 3.05) is 4.90 Å². The number of nitro groups is 1. The molecule has 0 radical (unpaired) electrons. The highest BCUT2D eigenvalue weighted by atomic mass is 16.6. The number of Topliss-reactive ketones (excluding diaryl/α,β-unsaturated/α-hetero) is 1. The molecule has 2 aromatic carbocycles. The number of carbonyl (C=O) groups excluding carboxylic acids is 2. The van der Waals surface area contributed by atoms with E-state index in [-0.39, 0.29) is 28.1 Å². The molecule has 1 atom stereocenters. The van der Waals surface area contributed by atoms with E-state index in [1.807, 2.05) is 0 Å². The van der Waals surface area contributed by atoms with Gasteiger partial charge in [-0.15, -0.1) is 0 Å². The molecule has 0 aromatic heterocycles. The lowest BCUT2D eigenvalue weighted by Crippen LogP contribution is -2.32. The van der Waals surface area contributed by atoms with Crippen LogP contribution in [-0.4, -0.2) is 27.7 Å². The molecule has 28 heavy (non-hydrogen) atoms. The van der Waals surface area contributed by atoms with Crippen LogP contribution in [-0.2, 0) is 9.59 Å². The first-order chi connectivity index (χ1) is 13.2. The van der Waals surface area contributed by atoms with Crippen LogP contribution < -0.4 is 10.0 Å². The summed E-state index contributed by atoms with van der Waals surface area (Å²) in [5.41, 5.74) is -0.164. The first-order valence-corrected chi connectivity index (χ1v) is 8.05. The molecular weight excluding hydrogens is 368 g/mol. The van der Waals surface area contributed by atoms with Crippen molar-refractivity contribution in [1.29, 1.82) is 0 Å². The number of amides is 1. The van der Waals surface area contributed by atoms with Gasteiger partial charge < -0.3 is 10.2 Å². The quantitative estimate of drug-likeness (QED) is 0.612. The topological polar surface area (TPSA) is 141 Å². The van der Waals surface area contributed by atoms with Gasteiger partial charge in [0.15, 0.2) is 5.78 Å². The largest absolute Gasteiger partial charge is 0.868 e. The Balaban J connectivity index is 2.16. The fraction of sp³-hybridized carbons (Fsp3) is 0.105. The number of carbonyl (C=O) groups is 3. The van der Waals surface area contributed by atoms with Gasteiger partial charge in [0.25, 0.3) is 5.69 Å². The lowest BCUT2D eigenvalue weighted by atomic mass is 9.96. The third kappa shape index (κ3) is 3.09. The second-order valence-electron chi connectivity index (χ2n) is 6.08. The van der Waals surface area contributed by atoms with Crippen molar-refractivity contribution in [2.45, 2.75) is 13.0 Å². The normalized spacial score (nSPS) is 16.4. The molecule has 9 heteroatoms. The molecule has 2 aromatic rings. The van der Waals surface area contributed by atoms with Gasteiger partial charge in [-0.3, -0.25) is 24.6 Å². The van der Waals surface area contributed by atoms with Crippen molar-refractivity contribution in [3.63, 3.8) is 0 Å². The minimum atomic E-state index is -1.17. The molecule has 1 heterocycles. The van der Waals surface area contributed by atoms with Gasteiger partial charge in [-0.25, -0.2) is 4.79 Å². The van der Waals surface area contributed by atoms with Gasteiger partial charge in [-0.05, 0) is 42.5 Å². The number of nitro benzene ring substituents is 1. The minimum absolute atomic E-state index is 0.0237. The van der Waals surface area contributed by atoms with E-state index in [1.54, 1.807) is 0 Å². The molecule has 142 valence electrons. The molecule has 1 aliphatic rings. The highest BCUT2D eigenvalue weighted by molar-refractivity contribution is 6.15. The lowest BCUT2D eigenvalue weighted by molar-refractivity contribution is -0.384. The summed E-state index contributed by atoms with van der Waals surface area (Å²) in [6.45, 7) is 1.14. The molecule has 1 N–H and O–H groups in total. The average molecular weight is 381 g/mol. The zero-order chi connectivity index (χ0) is 20.6. The Labute approximate surface area is 158 Å². The molecule has 0 saturated carbocycles. The van der Waals surface area contributed by atoms with Crippen LogP contribution in [0, 0.1) is 10.1 Å². The van der Waals surface area contributed by atoms with Gasteiger partial charge in [0.2, 0.25) is 5.91 Å². The Hall–Kier alpha value is -4.01. The summed E-state index contributed by atoms with van der Waals surface area (Å²) in [5.74, 6) is -3.75. The van der Waals surface area contributed by atoms with Crippen LogP contribution in [0.5, 0.6) is 0 Å². The number of hydrogen-bond acceptors (Lipinski definition) is 6. The molecular formula is C19H13N2O7-. The van der Waals surface area contributed by atoms with Crippen molar-refractivity contribution in [3.8, 4) is 0 Å². The van der Waals surface area contributed by atoms with E-state index in [2.05, 4.69) is 0 Å². The number of anilines is 1. The van der Waals surface area contributed by atoms with Crippen LogP contribution in [0.15, 0.2) is 59.9 Å². The van der Waals surface area contributed by atoms with Crippen molar-refractivity contribution >= 4 is 29.0 Å². The third-order valence-corrected chi connectivity index (χ3v) is 4.36. The van der Waals surface area contributed by atoms with E-state index >= 15 is 0 Å². The Morgan fingerprint density at radius 2 is 1.79 bits per heavy atom. The molecule has 3 rings (SSSR count). The summed E-state index contributed by atoms with van der Waals surface area (Å²) in [6.07, 6.45) is 0. The van der Waals surface area contributed by atoms with Gasteiger partial charge >= 0.3 is 5.97 Å². The van der Waals surface area contributed by atoms with E-state index < -0.39 is 34.4 Å². The number of non-ortho nitro benzene ring substituents is 1. The summed E-state index contributed by atoms with van der Waals surface area (Å²) < 4.78 is 0. The maximum atomic E-state index is 12.6. The predicted octanol–water partition coefficient (Wildman–Crippen LogP) is 1.58. The number of aromatic carboxylic acids is 1. The molecule has 1 amide bonds. The van der Waals surface area contributed by atoms with Crippen LogP contribution >= 0.6 is 0 Å². The lowest BCUT2D eigenvalue weighted by Gasteiger charge is -2.27. The Morgan fingerprint density at radius 1 is 1.14 bits per heavy atom. The van der Waals surface area contributed by atoms with Crippen molar-refractivity contribution < 1.29 is 29.5 Å². The van der Waals surface area contributed by atoms with Crippen LogP contribution in [0.2, 0.25) is 0 Å². The molecule has 0 saturated heterocycles. The molecule has 0 spiro atoms. The van der Waals surface area contributed by atoms with Crippen LogP contribution in [0.25, 0.3) is 0 Å². The second-order valence-corrected chi connectivity index (χ2v) is 6.08. The van der Waals surface area contributed by atoms with Crippen LogP contribution in [0.3, 0.4) is 0 Å². The third-order valence-electron chi connectivity index (χ3n) is 4.36. The van der Waals surface area contributed by atoms with E-state index in [9.17, 15) is 29.6 Å². The molecule has 0 aliphatic carbocycles. The SMILES string of the molecule is CC(=O)C1=C([O-])C(=O)N(c2ccc(C(=O)O)cc2)[C@@H]1c1cccc([N+](=O)[O-])c1. The van der Waals surface area contributed by atoms with Crippen molar-refractivity contribution in [1.82, 2.24) is 0 Å². The summed E-state index contributed by atoms with van der Waals surface area (Å²) in [6, 6.07) is 9.35. The Bertz CT molecular complexity index is 1040. The van der Waals surface area contributed by atoms with Gasteiger partial charge in [0.1, 0.15) is 0 Å². The number of hydrogen-bond donors (Lipinski definition) is 1. The molecule has 0 bridgehead atoms. The van der Waals surface area contributed by atoms with Gasteiger partial charge in [-0.1, -0.05) is 12.1 Å². The van der Waals surface area contributed by atoms with E-state index in [0.717, 1.165) is 11.8 Å². The smallest absolute Gasteiger partial charge is 0.335 e. The number of nitrogens with zero attached hydrogens (tertiary/aromatic N) is 2. The highest BCUT2D eigenvalue weighted by Crippen LogP contribution is 2.40. The highest BCUT2D eigenvalue weighted by Gasteiger charge is 2.39. The Kier molecular flexibility index (Phi) is 4.66. The summed E-state index contributed by atoms with van der Waals surface area (Å²) in [4.78, 5) is 47.2. The Morgan fingerprint density at radius 3 is 2.32 bits per heavy atom. The van der Waals surface area contributed by atoms with Crippen molar-refractivity contribution in [2.24, 2.45) is 0 Å². The fourth-order valence-corrected chi connectivity index (χ4v) is 3.10. The zero-order valence-electron chi connectivity index (χ0n) is 14.5. The molecule has 1 aliphatic heterocycles. The monoisotopic (exact) mass is 381 g/mol. The zero-order valence-corrected chi connectivity index (χ0v) is 14.5. The first-order valence-electron chi connectivity index (χ1n) is 8.05. The number of benzene rings is 2. The predicted molar refractivity (Wildman–Crippen MR) is 94.4 cm³/mol. The standard InChI is InChI=1S/C19H14N2O7/c1-10(22)15-16(12-3-2-4-14(9-12)21(27)28)20(18(24)17(15)23)13-7-5-11(6-8-13)19(25)26/h2-9,16,23H,1H3,(H,25,26)/p-1/t16-/m1/s1. The molecule has 0 unspecified atom stereocenters. The van der Waals surface area contributed by atoms with Gasteiger partial charge in [-0.2, -0.15) is 0 Å². The van der Waals surface area contributed by atoms with Crippen LogP contribution in [0.4, 0.5) is 11.4 Å². The van der Waals surface area contributed by atoms with E-state index in [1.165, 1.54) is 48.5 Å². The minimum Gasteiger partial charge on any atom is -0.868 e. The number of ketones is 1. The van der Waals surface area contributed by atoms with E-state index in [0.29, 0.717) is 0 Å². The van der Waals surface area contributed by atoms with Crippen LogP contribution in [0.1, 0.15) is 28.9 Å². The van der Waals surface area contributed by atoms with Gasteiger partial charge in [0, 0.05) is 23.4 Å². The first kappa shape index (κ1) is 18.8. The molecule has 9 nitrogen and oxygen atoms in total. The summed E-state index contributed by atoms with van der Waals surface area (Å²) >= 11 is 0. The molecule has 0 fully saturated rings. The number of carboxylic acid groups (broad SMARTS) is 1. The maximum Gasteiger partial charge on any atom is 0.335 e. The fourth-order valence-electron chi connectivity index (χ4n) is 3.10. The average Bonchev–Trinajstić information content (AvgIpc) is 2.93. The van der Waals surface area contributed by atoms with Crippen molar-refractivity contribution in [3.05, 3.63) is 81.1 Å². The second kappa shape index (κ2) is 6.95. The van der Waals surface area contributed by atoms with Gasteiger partial charge in [0.05, 0.1) is 16.5 Å². The number of carboxylic acids is 1. The summed E-state index contributed by atoms with van der Waals surface area (Å²) in [7, 11) is 0. The maximum absolute atomic E-state index is 12.6. The van der Waals surface area contributed by atoms with E-state index in [4.69, 9.17) is 5.11 Å². The summed E-state index contributed by atoms with van der Waals surface area (Å²) in [5, 5.41) is 32.5.